The van der Waals surface area contributed by atoms with Gasteiger partial charge in [-0.15, -0.1) is 0 Å². The van der Waals surface area contributed by atoms with Crippen molar-refractivity contribution in [2.75, 3.05) is 5.75 Å². The van der Waals surface area contributed by atoms with Crippen molar-refractivity contribution < 1.29 is 0 Å². The second kappa shape index (κ2) is 2.74. The minimum Gasteiger partial charge on any atom is -0.0891 e. The lowest BCUT2D eigenvalue weighted by Crippen LogP contribution is -2.42. The van der Waals surface area contributed by atoms with Crippen molar-refractivity contribution in [2.24, 2.45) is 5.92 Å². The average molecular weight is 186 g/mol. The van der Waals surface area contributed by atoms with Gasteiger partial charge in [0.05, 0.1) is 0 Å². The van der Waals surface area contributed by atoms with Crippen LogP contribution in [-0.4, -0.2) is 10.5 Å². The molecule has 1 fully saturated rings. The maximum atomic E-state index is 2.45. The van der Waals surface area contributed by atoms with Gasteiger partial charge in [-0.2, -0.15) is 0 Å². The molecule has 1 heterocycles. The zero-order chi connectivity index (χ0) is 7.90. The minimum atomic E-state index is 0.558. The fourth-order valence-electron chi connectivity index (χ4n) is 1.92. The van der Waals surface area contributed by atoms with E-state index in [4.69, 9.17) is 0 Å². The topological polar surface area (TPSA) is 0 Å². The van der Waals surface area contributed by atoms with Gasteiger partial charge in [0.25, 0.3) is 0 Å². The zero-order valence-corrected chi connectivity index (χ0v) is 8.73. The quantitative estimate of drug-likeness (QED) is 0.454. The number of hydrogen-bond donors (Lipinski definition) is 0. The van der Waals surface area contributed by atoms with Crippen LogP contribution in [0.1, 0.15) is 26.7 Å². The Labute approximate surface area is 76.6 Å². The van der Waals surface area contributed by atoms with Crippen molar-refractivity contribution in [2.45, 2.75) is 31.4 Å². The molecule has 0 amide bonds. The molecule has 1 saturated carbocycles. The molecule has 0 aromatic heterocycles. The predicted octanol–water partition coefficient (Wildman–Crippen LogP) is 3.50. The van der Waals surface area contributed by atoms with E-state index in [1.165, 1.54) is 18.6 Å². The second-order valence-corrected chi connectivity index (χ2v) is 6.31. The smallest absolute Gasteiger partial charge is 0.0498 e. The first-order valence-corrected chi connectivity index (χ1v) is 6.58. The van der Waals surface area contributed by atoms with Gasteiger partial charge in [-0.25, -0.2) is 0 Å². The summed E-state index contributed by atoms with van der Waals surface area (Å²) in [6.07, 6.45) is 5.23. The highest BCUT2D eigenvalue weighted by atomic mass is 33.1. The van der Waals surface area contributed by atoms with E-state index in [-0.39, 0.29) is 0 Å². The SMILES string of the molecule is CC(C)C12CCC1=CCSS2. The summed E-state index contributed by atoms with van der Waals surface area (Å²) in [6, 6.07) is 0. The third-order valence-corrected chi connectivity index (χ3v) is 6.16. The van der Waals surface area contributed by atoms with Crippen molar-refractivity contribution in [3.8, 4) is 0 Å². The normalized spacial score (nSPS) is 36.1. The summed E-state index contributed by atoms with van der Waals surface area (Å²) >= 11 is 0. The van der Waals surface area contributed by atoms with E-state index in [0.29, 0.717) is 4.75 Å². The highest BCUT2D eigenvalue weighted by Gasteiger charge is 2.46. The molecule has 0 N–H and O–H groups in total. The van der Waals surface area contributed by atoms with Crippen molar-refractivity contribution >= 4 is 21.6 Å². The van der Waals surface area contributed by atoms with Crippen LogP contribution in [0.4, 0.5) is 0 Å². The Balaban J connectivity index is 2.24. The largest absolute Gasteiger partial charge is 0.0891 e. The molecule has 1 unspecified atom stereocenters. The number of hydrogen-bond acceptors (Lipinski definition) is 2. The van der Waals surface area contributed by atoms with Crippen LogP contribution < -0.4 is 0 Å². The average Bonchev–Trinajstić information content (AvgIpc) is 1.91. The maximum absolute atomic E-state index is 2.45. The van der Waals surface area contributed by atoms with Gasteiger partial charge in [-0.05, 0) is 18.8 Å². The van der Waals surface area contributed by atoms with Gasteiger partial charge < -0.3 is 0 Å². The third kappa shape index (κ3) is 1.06. The Morgan fingerprint density at radius 2 is 2.36 bits per heavy atom. The molecule has 1 aliphatic carbocycles. The highest BCUT2D eigenvalue weighted by Crippen LogP contribution is 2.59. The minimum absolute atomic E-state index is 0.558. The lowest BCUT2D eigenvalue weighted by atomic mass is 9.71. The van der Waals surface area contributed by atoms with Crippen molar-refractivity contribution in [1.82, 2.24) is 0 Å². The van der Waals surface area contributed by atoms with E-state index in [2.05, 4.69) is 30.7 Å². The number of fused-ring (bicyclic) bond motifs is 1. The molecule has 0 spiro atoms. The van der Waals surface area contributed by atoms with Crippen LogP contribution in [-0.2, 0) is 0 Å². The highest BCUT2D eigenvalue weighted by molar-refractivity contribution is 8.77. The summed E-state index contributed by atoms with van der Waals surface area (Å²) in [4.78, 5) is 0. The van der Waals surface area contributed by atoms with Crippen molar-refractivity contribution in [3.63, 3.8) is 0 Å². The van der Waals surface area contributed by atoms with Crippen LogP contribution in [0.25, 0.3) is 0 Å². The summed E-state index contributed by atoms with van der Waals surface area (Å²) < 4.78 is 0.558. The van der Waals surface area contributed by atoms with Crippen LogP contribution in [0.5, 0.6) is 0 Å². The first kappa shape index (κ1) is 8.06. The Kier molecular flexibility index (Phi) is 2.00. The van der Waals surface area contributed by atoms with Gasteiger partial charge in [0.1, 0.15) is 0 Å². The van der Waals surface area contributed by atoms with E-state index < -0.39 is 0 Å². The Hall–Kier alpha value is 0.440. The first-order chi connectivity index (χ1) is 5.26. The summed E-state index contributed by atoms with van der Waals surface area (Å²) in [7, 11) is 4.14. The molecule has 11 heavy (non-hydrogen) atoms. The first-order valence-electron chi connectivity index (χ1n) is 4.26. The second-order valence-electron chi connectivity index (χ2n) is 3.64. The summed E-state index contributed by atoms with van der Waals surface area (Å²) in [6.45, 7) is 4.71. The fraction of sp³-hybridized carbons (Fsp3) is 0.778. The molecule has 0 radical (unpaired) electrons. The lowest BCUT2D eigenvalue weighted by Gasteiger charge is -2.49. The van der Waals surface area contributed by atoms with Crippen LogP contribution in [0.2, 0.25) is 0 Å². The van der Waals surface area contributed by atoms with Gasteiger partial charge in [0, 0.05) is 10.5 Å². The van der Waals surface area contributed by atoms with Gasteiger partial charge in [-0.1, -0.05) is 47.1 Å². The third-order valence-electron chi connectivity index (χ3n) is 2.85. The van der Waals surface area contributed by atoms with E-state index in [1.807, 2.05) is 10.8 Å². The lowest BCUT2D eigenvalue weighted by molar-refractivity contribution is 0.380. The molecule has 2 aliphatic rings. The molecular weight excluding hydrogens is 172 g/mol. The zero-order valence-electron chi connectivity index (χ0n) is 7.09. The fourth-order valence-corrected chi connectivity index (χ4v) is 5.32. The summed E-state index contributed by atoms with van der Waals surface area (Å²) in [5, 5.41) is 0. The molecule has 0 bridgehead atoms. The molecule has 0 aromatic rings. The van der Waals surface area contributed by atoms with Crippen LogP contribution >= 0.6 is 21.6 Å². The van der Waals surface area contributed by atoms with Gasteiger partial charge in [0.15, 0.2) is 0 Å². The Morgan fingerprint density at radius 3 is 2.73 bits per heavy atom. The van der Waals surface area contributed by atoms with E-state index in [0.717, 1.165) is 5.92 Å². The van der Waals surface area contributed by atoms with Crippen molar-refractivity contribution in [1.29, 1.82) is 0 Å². The summed E-state index contributed by atoms with van der Waals surface area (Å²) in [5.74, 6) is 2.05. The molecule has 2 rings (SSSR count). The van der Waals surface area contributed by atoms with Crippen LogP contribution in [0.15, 0.2) is 11.6 Å². The van der Waals surface area contributed by atoms with Gasteiger partial charge in [-0.3, -0.25) is 0 Å². The number of rotatable bonds is 1. The molecule has 0 nitrogen and oxygen atoms in total. The Bertz CT molecular complexity index is 196. The van der Waals surface area contributed by atoms with E-state index in [1.54, 1.807) is 5.57 Å². The molecular formula is C9H14S2. The van der Waals surface area contributed by atoms with Crippen LogP contribution in [0, 0.1) is 5.92 Å². The monoisotopic (exact) mass is 186 g/mol. The predicted molar refractivity (Wildman–Crippen MR) is 54.9 cm³/mol. The molecule has 0 aromatic carbocycles. The standard InChI is InChI=1S/C9H14S2/c1-7(2)9-5-3-8(9)4-6-10-11-9/h4,7H,3,5-6H2,1-2H3. The molecule has 62 valence electrons. The van der Waals surface area contributed by atoms with E-state index in [9.17, 15) is 0 Å². The van der Waals surface area contributed by atoms with Crippen molar-refractivity contribution in [3.05, 3.63) is 11.6 Å². The van der Waals surface area contributed by atoms with E-state index >= 15 is 0 Å². The molecule has 0 saturated heterocycles. The van der Waals surface area contributed by atoms with Crippen LogP contribution in [0.3, 0.4) is 0 Å². The van der Waals surface area contributed by atoms with Gasteiger partial charge >= 0.3 is 0 Å². The Morgan fingerprint density at radius 1 is 1.55 bits per heavy atom. The summed E-state index contributed by atoms with van der Waals surface area (Å²) in [5.41, 5.74) is 1.73. The maximum Gasteiger partial charge on any atom is 0.0498 e. The molecule has 2 heteroatoms. The molecule has 1 atom stereocenters. The van der Waals surface area contributed by atoms with Gasteiger partial charge in [0.2, 0.25) is 0 Å². The molecule has 1 aliphatic heterocycles.